The molecule has 0 aromatic carbocycles. The predicted octanol–water partition coefficient (Wildman–Crippen LogP) is 1.74. The Labute approximate surface area is 157 Å². The fraction of sp³-hybridized carbons (Fsp3) is 0.474. The quantitative estimate of drug-likeness (QED) is 0.762. The van der Waals surface area contributed by atoms with E-state index in [4.69, 9.17) is 5.10 Å². The van der Waals surface area contributed by atoms with Crippen molar-refractivity contribution in [1.29, 1.82) is 0 Å². The number of nitrogens with one attached hydrogen (secondary N) is 1. The molecule has 1 amide bonds. The van der Waals surface area contributed by atoms with E-state index in [2.05, 4.69) is 26.4 Å². The van der Waals surface area contributed by atoms with Gasteiger partial charge in [-0.05, 0) is 31.7 Å². The molecule has 8 heteroatoms. The number of aryl methyl sites for hydroxylation is 1. The molecule has 1 aliphatic heterocycles. The summed E-state index contributed by atoms with van der Waals surface area (Å²) in [6, 6.07) is 2.37. The van der Waals surface area contributed by atoms with Gasteiger partial charge in [-0.15, -0.1) is 0 Å². The van der Waals surface area contributed by atoms with Gasteiger partial charge in [-0.1, -0.05) is 0 Å². The number of fused-ring (bicyclic) bond motifs is 1. The van der Waals surface area contributed by atoms with Crippen molar-refractivity contribution in [3.63, 3.8) is 0 Å². The number of hydrogen-bond acceptors (Lipinski definition) is 5. The molecule has 1 saturated carbocycles. The van der Waals surface area contributed by atoms with Crippen molar-refractivity contribution in [1.82, 2.24) is 29.7 Å². The van der Waals surface area contributed by atoms with E-state index in [0.29, 0.717) is 11.5 Å². The first-order chi connectivity index (χ1) is 13.2. The van der Waals surface area contributed by atoms with Crippen LogP contribution in [0.2, 0.25) is 0 Å². The minimum atomic E-state index is -0.0494. The van der Waals surface area contributed by atoms with E-state index in [9.17, 15) is 4.79 Å². The van der Waals surface area contributed by atoms with Crippen LogP contribution >= 0.6 is 0 Å². The van der Waals surface area contributed by atoms with Crippen LogP contribution in [0.25, 0.3) is 5.52 Å². The predicted molar refractivity (Wildman–Crippen MR) is 101 cm³/mol. The first kappa shape index (κ1) is 16.3. The summed E-state index contributed by atoms with van der Waals surface area (Å²) in [4.78, 5) is 19.3. The maximum absolute atomic E-state index is 12.3. The smallest absolute Gasteiger partial charge is 0.254 e. The van der Waals surface area contributed by atoms with Gasteiger partial charge in [0, 0.05) is 50.7 Å². The fourth-order valence-electron chi connectivity index (χ4n) is 3.79. The van der Waals surface area contributed by atoms with Gasteiger partial charge in [-0.2, -0.15) is 10.2 Å². The van der Waals surface area contributed by atoms with E-state index >= 15 is 0 Å². The number of aromatic nitrogens is 5. The molecule has 0 unspecified atom stereocenters. The van der Waals surface area contributed by atoms with Crippen LogP contribution in [-0.2, 0) is 7.05 Å². The van der Waals surface area contributed by atoms with Gasteiger partial charge in [0.1, 0.15) is 5.52 Å². The summed E-state index contributed by atoms with van der Waals surface area (Å²) in [7, 11) is 1.81. The summed E-state index contributed by atoms with van der Waals surface area (Å²) in [5, 5.41) is 11.9. The number of rotatable bonds is 4. The van der Waals surface area contributed by atoms with Crippen molar-refractivity contribution in [2.75, 3.05) is 18.0 Å². The zero-order valence-electron chi connectivity index (χ0n) is 15.4. The Hall–Kier alpha value is -2.90. The summed E-state index contributed by atoms with van der Waals surface area (Å²) in [5.74, 6) is 1.58. The highest BCUT2D eigenvalue weighted by Gasteiger charge is 2.28. The Morgan fingerprint density at radius 3 is 2.74 bits per heavy atom. The lowest BCUT2D eigenvalue weighted by molar-refractivity contribution is 0.0931. The third-order valence-corrected chi connectivity index (χ3v) is 5.48. The lowest BCUT2D eigenvalue weighted by atomic mass is 10.0. The molecule has 0 atom stereocenters. The molecule has 3 aromatic heterocycles. The van der Waals surface area contributed by atoms with Gasteiger partial charge in [0.05, 0.1) is 17.5 Å². The Morgan fingerprint density at radius 2 is 2.04 bits per heavy atom. The third kappa shape index (κ3) is 3.15. The van der Waals surface area contributed by atoms with E-state index in [1.165, 1.54) is 18.5 Å². The number of amides is 1. The number of nitrogens with zero attached hydrogens (tertiary/aromatic N) is 6. The van der Waals surface area contributed by atoms with Crippen molar-refractivity contribution < 1.29 is 4.79 Å². The molecule has 1 aliphatic carbocycles. The molecule has 0 radical (unpaired) electrons. The highest BCUT2D eigenvalue weighted by atomic mass is 16.1. The van der Waals surface area contributed by atoms with E-state index < -0.39 is 0 Å². The van der Waals surface area contributed by atoms with Gasteiger partial charge in [0.2, 0.25) is 0 Å². The topological polar surface area (TPSA) is 80.4 Å². The van der Waals surface area contributed by atoms with Crippen molar-refractivity contribution in [2.45, 2.75) is 37.6 Å². The van der Waals surface area contributed by atoms with Crippen LogP contribution in [0.3, 0.4) is 0 Å². The second kappa shape index (κ2) is 6.37. The normalized spacial score (nSPS) is 18.2. The largest absolute Gasteiger partial charge is 0.355 e. The molecule has 3 aromatic rings. The molecule has 140 valence electrons. The molecule has 4 heterocycles. The highest BCUT2D eigenvalue weighted by Crippen LogP contribution is 2.40. The Kier molecular flexibility index (Phi) is 3.84. The van der Waals surface area contributed by atoms with Crippen molar-refractivity contribution in [3.8, 4) is 0 Å². The van der Waals surface area contributed by atoms with Crippen LogP contribution in [-0.4, -0.2) is 49.4 Å². The molecule has 5 rings (SSSR count). The van der Waals surface area contributed by atoms with Crippen LogP contribution in [0, 0.1) is 0 Å². The maximum Gasteiger partial charge on any atom is 0.254 e. The summed E-state index contributed by atoms with van der Waals surface area (Å²) < 4.78 is 3.59. The molecule has 0 bridgehead atoms. The maximum atomic E-state index is 12.3. The fourth-order valence-corrected chi connectivity index (χ4v) is 3.79. The minimum Gasteiger partial charge on any atom is -0.355 e. The minimum absolute atomic E-state index is 0.0494. The molecular weight excluding hydrogens is 342 g/mol. The summed E-state index contributed by atoms with van der Waals surface area (Å²) in [6.07, 6.45) is 11.4. The lowest BCUT2D eigenvalue weighted by Gasteiger charge is -2.33. The second-order valence-corrected chi connectivity index (χ2v) is 7.56. The number of hydrogen-bond donors (Lipinski definition) is 1. The Balaban J connectivity index is 1.26. The van der Waals surface area contributed by atoms with Gasteiger partial charge >= 0.3 is 0 Å². The molecule has 2 aliphatic rings. The van der Waals surface area contributed by atoms with Gasteiger partial charge < -0.3 is 10.2 Å². The van der Waals surface area contributed by atoms with Crippen molar-refractivity contribution in [3.05, 3.63) is 42.1 Å². The number of anilines is 1. The molecule has 2 fully saturated rings. The Morgan fingerprint density at radius 1 is 1.22 bits per heavy atom. The molecule has 0 spiro atoms. The van der Waals surface area contributed by atoms with E-state index in [1.807, 2.05) is 24.0 Å². The first-order valence-electron chi connectivity index (χ1n) is 9.56. The van der Waals surface area contributed by atoms with Crippen LogP contribution < -0.4 is 10.2 Å². The van der Waals surface area contributed by atoms with E-state index in [-0.39, 0.29) is 11.9 Å². The molecule has 27 heavy (non-hydrogen) atoms. The van der Waals surface area contributed by atoms with Crippen LogP contribution in [0.15, 0.2) is 30.9 Å². The highest BCUT2D eigenvalue weighted by molar-refractivity contribution is 5.93. The molecule has 1 saturated heterocycles. The average Bonchev–Trinajstić information content (AvgIpc) is 3.28. The van der Waals surface area contributed by atoms with Crippen LogP contribution in [0.5, 0.6) is 0 Å². The SMILES string of the molecule is Cn1cc(C(=O)NC2CCN(c3nccn4nc(C5CC5)cc34)CC2)cn1. The summed E-state index contributed by atoms with van der Waals surface area (Å²) in [6.45, 7) is 1.74. The van der Waals surface area contributed by atoms with Crippen LogP contribution in [0.4, 0.5) is 5.82 Å². The van der Waals surface area contributed by atoms with E-state index in [0.717, 1.165) is 37.3 Å². The van der Waals surface area contributed by atoms with Gasteiger partial charge in [0.25, 0.3) is 5.91 Å². The zero-order chi connectivity index (χ0) is 18.4. The Bertz CT molecular complexity index is 979. The van der Waals surface area contributed by atoms with Crippen molar-refractivity contribution in [2.24, 2.45) is 7.05 Å². The standard InChI is InChI=1S/C19H23N7O/c1-24-12-14(11-21-24)19(27)22-15-4-7-25(8-5-15)18-17-10-16(13-2-3-13)23-26(17)9-6-20-18/h6,9-13,15H,2-5,7-8H2,1H3,(H,22,27). The van der Waals surface area contributed by atoms with Crippen molar-refractivity contribution >= 4 is 17.2 Å². The molecule has 8 nitrogen and oxygen atoms in total. The summed E-state index contributed by atoms with van der Waals surface area (Å²) in [5.41, 5.74) is 2.87. The van der Waals surface area contributed by atoms with Crippen LogP contribution in [0.1, 0.15) is 47.7 Å². The average molecular weight is 365 g/mol. The van der Waals surface area contributed by atoms with E-state index in [1.54, 1.807) is 17.1 Å². The third-order valence-electron chi connectivity index (χ3n) is 5.48. The number of carbonyl (C=O) groups is 1. The van der Waals surface area contributed by atoms with Gasteiger partial charge in [0.15, 0.2) is 5.82 Å². The first-order valence-corrected chi connectivity index (χ1v) is 9.56. The van der Waals surface area contributed by atoms with Gasteiger partial charge in [-0.25, -0.2) is 9.50 Å². The summed E-state index contributed by atoms with van der Waals surface area (Å²) >= 11 is 0. The monoisotopic (exact) mass is 365 g/mol. The zero-order valence-corrected chi connectivity index (χ0v) is 15.4. The number of carbonyl (C=O) groups excluding carboxylic acids is 1. The lowest BCUT2D eigenvalue weighted by Crippen LogP contribution is -2.45. The number of piperidine rings is 1. The second-order valence-electron chi connectivity index (χ2n) is 7.56. The molecule has 1 N–H and O–H groups in total. The van der Waals surface area contributed by atoms with Gasteiger partial charge in [-0.3, -0.25) is 9.48 Å². The molecular formula is C19H23N7O.